The topological polar surface area (TPSA) is 90.2 Å². The van der Waals surface area contributed by atoms with Gasteiger partial charge in [0.1, 0.15) is 11.5 Å². The summed E-state index contributed by atoms with van der Waals surface area (Å²) >= 11 is 0. The molecule has 2 aromatic carbocycles. The van der Waals surface area contributed by atoms with Gasteiger partial charge in [-0.15, -0.1) is 0 Å². The molecule has 2 aromatic rings. The Morgan fingerprint density at radius 2 is 1.58 bits per heavy atom. The maximum absolute atomic E-state index is 12.7. The van der Waals surface area contributed by atoms with Crippen molar-refractivity contribution in [3.05, 3.63) is 48.0 Å². The monoisotopic (exact) mass is 374 g/mol. The van der Waals surface area contributed by atoms with Crippen LogP contribution in [0.5, 0.6) is 11.5 Å². The summed E-state index contributed by atoms with van der Waals surface area (Å²) in [6, 6.07) is 10.6. The van der Waals surface area contributed by atoms with Gasteiger partial charge in [0.2, 0.25) is 10.0 Å². The largest absolute Gasteiger partial charge is 0.508 e. The van der Waals surface area contributed by atoms with Gasteiger partial charge in [0.25, 0.3) is 0 Å². The second kappa shape index (κ2) is 7.88. The summed E-state index contributed by atoms with van der Waals surface area (Å²) in [6.07, 6.45) is 5.41. The molecule has 1 fully saturated rings. The van der Waals surface area contributed by atoms with Crippen LogP contribution in [0, 0.1) is 0 Å². The second-order valence-corrected chi connectivity index (χ2v) is 8.25. The predicted molar refractivity (Wildman–Crippen MR) is 101 cm³/mol. The lowest BCUT2D eigenvalue weighted by atomic mass is 10.2. The zero-order valence-electron chi connectivity index (χ0n) is 14.4. The third kappa shape index (κ3) is 4.23. The highest BCUT2D eigenvalue weighted by Gasteiger charge is 2.24. The summed E-state index contributed by atoms with van der Waals surface area (Å²) in [6.45, 7) is 1.14. The molecule has 138 valence electrons. The van der Waals surface area contributed by atoms with E-state index in [9.17, 15) is 18.6 Å². The van der Waals surface area contributed by atoms with Crippen molar-refractivity contribution < 1.29 is 18.6 Å². The minimum absolute atomic E-state index is 0.0253. The Kier molecular flexibility index (Phi) is 5.58. The van der Waals surface area contributed by atoms with Crippen LogP contribution in [0.3, 0.4) is 0 Å². The van der Waals surface area contributed by atoms with E-state index in [-0.39, 0.29) is 16.4 Å². The highest BCUT2D eigenvalue weighted by atomic mass is 32.2. The van der Waals surface area contributed by atoms with Crippen molar-refractivity contribution in [2.75, 3.05) is 13.1 Å². The minimum Gasteiger partial charge on any atom is -0.508 e. The van der Waals surface area contributed by atoms with E-state index < -0.39 is 10.0 Å². The van der Waals surface area contributed by atoms with Crippen LogP contribution in [0.2, 0.25) is 0 Å². The standard InChI is InChI=1S/C19H22N2O4S/c22-17-8-5-15(19(23)13-17)14-20-16-6-9-18(10-7-16)26(24,25)21-11-3-1-2-4-12-21/h5-10,13-14,22-23H,1-4,11-12H2. The molecule has 0 spiro atoms. The third-order valence-corrected chi connectivity index (χ3v) is 6.32. The van der Waals surface area contributed by atoms with Gasteiger partial charge >= 0.3 is 0 Å². The number of phenols is 2. The number of aliphatic imine (C=N–C) groups is 1. The quantitative estimate of drug-likeness (QED) is 0.803. The number of rotatable bonds is 4. The number of aromatic hydroxyl groups is 2. The van der Waals surface area contributed by atoms with Gasteiger partial charge in [-0.2, -0.15) is 4.31 Å². The molecule has 0 amide bonds. The molecule has 0 unspecified atom stereocenters. The highest BCUT2D eigenvalue weighted by Crippen LogP contribution is 2.24. The summed E-state index contributed by atoms with van der Waals surface area (Å²) in [7, 11) is -3.47. The smallest absolute Gasteiger partial charge is 0.243 e. The van der Waals surface area contributed by atoms with Gasteiger partial charge in [-0.3, -0.25) is 4.99 Å². The number of hydrogen-bond acceptors (Lipinski definition) is 5. The fourth-order valence-electron chi connectivity index (χ4n) is 2.92. The van der Waals surface area contributed by atoms with Gasteiger partial charge in [0, 0.05) is 30.9 Å². The van der Waals surface area contributed by atoms with Crippen molar-refractivity contribution in [1.82, 2.24) is 4.31 Å². The van der Waals surface area contributed by atoms with Crippen LogP contribution in [0.25, 0.3) is 0 Å². The van der Waals surface area contributed by atoms with Crippen LogP contribution in [-0.2, 0) is 10.0 Å². The Labute approximate surface area is 153 Å². The van der Waals surface area contributed by atoms with Crippen molar-refractivity contribution in [2.24, 2.45) is 4.99 Å². The molecule has 0 atom stereocenters. The average molecular weight is 374 g/mol. The number of hydrogen-bond donors (Lipinski definition) is 2. The van der Waals surface area contributed by atoms with Gasteiger partial charge in [-0.25, -0.2) is 8.42 Å². The molecule has 1 aliphatic heterocycles. The van der Waals surface area contributed by atoms with Crippen molar-refractivity contribution in [2.45, 2.75) is 30.6 Å². The molecule has 3 rings (SSSR count). The Morgan fingerprint density at radius 1 is 0.923 bits per heavy atom. The van der Waals surface area contributed by atoms with Crippen LogP contribution < -0.4 is 0 Å². The van der Waals surface area contributed by atoms with Crippen LogP contribution in [0.1, 0.15) is 31.2 Å². The molecular formula is C19H22N2O4S. The Hall–Kier alpha value is -2.38. The predicted octanol–water partition coefficient (Wildman–Crippen LogP) is 3.41. The molecule has 7 heteroatoms. The molecule has 0 bridgehead atoms. The van der Waals surface area contributed by atoms with E-state index in [1.54, 1.807) is 34.6 Å². The molecule has 0 saturated carbocycles. The summed E-state index contributed by atoms with van der Waals surface area (Å²) < 4.78 is 27.0. The van der Waals surface area contributed by atoms with Crippen molar-refractivity contribution in [3.8, 4) is 11.5 Å². The second-order valence-electron chi connectivity index (χ2n) is 6.31. The molecule has 1 saturated heterocycles. The molecule has 0 aliphatic carbocycles. The van der Waals surface area contributed by atoms with E-state index in [2.05, 4.69) is 4.99 Å². The average Bonchev–Trinajstić information content (AvgIpc) is 2.91. The van der Waals surface area contributed by atoms with Crippen LogP contribution in [0.15, 0.2) is 52.4 Å². The summed E-state index contributed by atoms with van der Waals surface area (Å²) in [5.74, 6) is -0.100. The van der Waals surface area contributed by atoms with E-state index in [0.717, 1.165) is 25.7 Å². The molecule has 1 heterocycles. The van der Waals surface area contributed by atoms with Gasteiger partial charge in [-0.1, -0.05) is 12.8 Å². The van der Waals surface area contributed by atoms with Gasteiger partial charge in [0.05, 0.1) is 10.6 Å². The summed E-state index contributed by atoms with van der Waals surface area (Å²) in [5, 5.41) is 19.0. The van der Waals surface area contributed by atoms with Crippen LogP contribution in [-0.4, -0.2) is 42.2 Å². The van der Waals surface area contributed by atoms with E-state index in [1.165, 1.54) is 18.3 Å². The molecule has 6 nitrogen and oxygen atoms in total. The summed E-state index contributed by atoms with van der Waals surface area (Å²) in [4.78, 5) is 4.51. The first kappa shape index (κ1) is 18.4. The van der Waals surface area contributed by atoms with E-state index >= 15 is 0 Å². The van der Waals surface area contributed by atoms with E-state index in [1.807, 2.05) is 0 Å². The fraction of sp³-hybridized carbons (Fsp3) is 0.316. The maximum Gasteiger partial charge on any atom is 0.243 e. The number of phenolic OH excluding ortho intramolecular Hbond substituents is 2. The Bertz CT molecular complexity index is 884. The molecule has 0 radical (unpaired) electrons. The molecule has 2 N–H and O–H groups in total. The normalized spacial score (nSPS) is 16.6. The Morgan fingerprint density at radius 3 is 2.19 bits per heavy atom. The lowest BCUT2D eigenvalue weighted by Gasteiger charge is -2.19. The SMILES string of the molecule is O=S(=O)(c1ccc(N=Cc2ccc(O)cc2O)cc1)N1CCCCCC1. The molecule has 1 aliphatic rings. The first-order valence-corrected chi connectivity index (χ1v) is 10.1. The highest BCUT2D eigenvalue weighted by molar-refractivity contribution is 7.89. The Balaban J connectivity index is 1.76. The van der Waals surface area contributed by atoms with Crippen molar-refractivity contribution >= 4 is 21.9 Å². The first-order chi connectivity index (χ1) is 12.5. The fourth-order valence-corrected chi connectivity index (χ4v) is 4.44. The molecular weight excluding hydrogens is 352 g/mol. The zero-order chi connectivity index (χ0) is 18.6. The number of sulfonamides is 1. The van der Waals surface area contributed by atoms with Crippen molar-refractivity contribution in [1.29, 1.82) is 0 Å². The minimum atomic E-state index is -3.47. The lowest BCUT2D eigenvalue weighted by Crippen LogP contribution is -2.31. The van der Waals surface area contributed by atoms with Gasteiger partial charge in [-0.05, 0) is 49.2 Å². The maximum atomic E-state index is 12.7. The number of benzene rings is 2. The van der Waals surface area contributed by atoms with Gasteiger partial charge in [0.15, 0.2) is 0 Å². The lowest BCUT2D eigenvalue weighted by molar-refractivity contribution is 0.423. The van der Waals surface area contributed by atoms with Crippen LogP contribution >= 0.6 is 0 Å². The number of nitrogens with zero attached hydrogens (tertiary/aromatic N) is 2. The van der Waals surface area contributed by atoms with Gasteiger partial charge < -0.3 is 10.2 Å². The first-order valence-electron chi connectivity index (χ1n) is 8.63. The third-order valence-electron chi connectivity index (χ3n) is 4.41. The zero-order valence-corrected chi connectivity index (χ0v) is 15.2. The van der Waals surface area contributed by atoms with E-state index in [4.69, 9.17) is 0 Å². The molecule has 26 heavy (non-hydrogen) atoms. The summed E-state index contributed by atoms with van der Waals surface area (Å²) in [5.41, 5.74) is 1.04. The van der Waals surface area contributed by atoms with E-state index in [0.29, 0.717) is 24.3 Å². The molecule has 0 aromatic heterocycles. The van der Waals surface area contributed by atoms with Crippen molar-refractivity contribution in [3.63, 3.8) is 0 Å². The van der Waals surface area contributed by atoms with Crippen LogP contribution in [0.4, 0.5) is 5.69 Å².